The topological polar surface area (TPSA) is 53.9 Å². The van der Waals surface area contributed by atoms with Crippen LogP contribution in [0.15, 0.2) is 35.3 Å². The Morgan fingerprint density at radius 2 is 2.08 bits per heavy atom. The summed E-state index contributed by atoms with van der Waals surface area (Å²) < 4.78 is 2.18. The number of aromatic nitrogens is 3. The van der Waals surface area contributed by atoms with Gasteiger partial charge in [-0.2, -0.15) is 0 Å². The molecular formula is C20H24N4O. The molecule has 2 aromatic heterocycles. The third kappa shape index (κ3) is 2.89. The van der Waals surface area contributed by atoms with Gasteiger partial charge in [0.05, 0.1) is 5.69 Å². The zero-order valence-corrected chi connectivity index (χ0v) is 15.0. The Morgan fingerprint density at radius 1 is 1.28 bits per heavy atom. The molecule has 0 saturated carbocycles. The number of aromatic amines is 1. The van der Waals surface area contributed by atoms with Crippen LogP contribution in [0.3, 0.4) is 0 Å². The van der Waals surface area contributed by atoms with Gasteiger partial charge in [0, 0.05) is 55.3 Å². The maximum Gasteiger partial charge on any atom is 0.254 e. The second-order valence-electron chi connectivity index (χ2n) is 7.27. The minimum atomic E-state index is 0.0403. The first-order chi connectivity index (χ1) is 12.0. The predicted molar refractivity (Wildman–Crippen MR) is 99.7 cm³/mol. The van der Waals surface area contributed by atoms with Crippen LogP contribution in [0.4, 0.5) is 0 Å². The molecule has 0 aliphatic carbocycles. The van der Waals surface area contributed by atoms with Crippen molar-refractivity contribution < 1.29 is 0 Å². The van der Waals surface area contributed by atoms with Crippen LogP contribution in [0.2, 0.25) is 0 Å². The summed E-state index contributed by atoms with van der Waals surface area (Å²) in [7, 11) is 2.09. The summed E-state index contributed by atoms with van der Waals surface area (Å²) in [4.78, 5) is 22.4. The highest BCUT2D eigenvalue weighted by Crippen LogP contribution is 2.24. The lowest BCUT2D eigenvalue weighted by Crippen LogP contribution is -2.35. The summed E-state index contributed by atoms with van der Waals surface area (Å²) in [6, 6.07) is 8.50. The highest BCUT2D eigenvalue weighted by molar-refractivity contribution is 5.83. The summed E-state index contributed by atoms with van der Waals surface area (Å²) >= 11 is 0. The molecule has 0 spiro atoms. The number of hydrogen-bond donors (Lipinski definition) is 1. The van der Waals surface area contributed by atoms with Crippen molar-refractivity contribution in [2.45, 2.75) is 39.3 Å². The summed E-state index contributed by atoms with van der Waals surface area (Å²) in [5.74, 6) is 1.02. The van der Waals surface area contributed by atoms with E-state index in [1.807, 2.05) is 0 Å². The third-order valence-electron chi connectivity index (χ3n) is 5.09. The molecule has 0 saturated heterocycles. The van der Waals surface area contributed by atoms with Crippen LogP contribution >= 0.6 is 0 Å². The van der Waals surface area contributed by atoms with Crippen molar-refractivity contribution in [2.24, 2.45) is 7.05 Å². The number of H-pyrrole nitrogens is 1. The summed E-state index contributed by atoms with van der Waals surface area (Å²) in [6.07, 6.45) is 2.98. The van der Waals surface area contributed by atoms with Gasteiger partial charge in [0.25, 0.3) is 5.56 Å². The van der Waals surface area contributed by atoms with Crippen LogP contribution < -0.4 is 5.56 Å². The molecule has 1 aromatic carbocycles. The lowest BCUT2D eigenvalue weighted by molar-refractivity contribution is 0.240. The highest BCUT2D eigenvalue weighted by Gasteiger charge is 2.22. The van der Waals surface area contributed by atoms with Gasteiger partial charge in [-0.3, -0.25) is 9.69 Å². The molecule has 1 N–H and O–H groups in total. The van der Waals surface area contributed by atoms with Crippen molar-refractivity contribution in [3.8, 4) is 0 Å². The Balaban J connectivity index is 1.63. The fourth-order valence-electron chi connectivity index (χ4n) is 3.71. The maximum absolute atomic E-state index is 12.3. The Morgan fingerprint density at radius 3 is 2.88 bits per heavy atom. The molecule has 5 nitrogen and oxygen atoms in total. The SMILES string of the molecule is CC(C)c1nc2c(c(=O)[nH]1)CCN(Cc1cn(C)c3ccccc13)C2. The van der Waals surface area contributed by atoms with Crippen LogP contribution in [-0.2, 0) is 26.6 Å². The van der Waals surface area contributed by atoms with Gasteiger partial charge in [0.15, 0.2) is 0 Å². The van der Waals surface area contributed by atoms with E-state index in [0.717, 1.165) is 43.1 Å². The van der Waals surface area contributed by atoms with E-state index in [-0.39, 0.29) is 11.5 Å². The van der Waals surface area contributed by atoms with E-state index in [1.165, 1.54) is 16.5 Å². The van der Waals surface area contributed by atoms with E-state index in [0.29, 0.717) is 0 Å². The van der Waals surface area contributed by atoms with Gasteiger partial charge in [-0.1, -0.05) is 32.0 Å². The molecular weight excluding hydrogens is 312 g/mol. The second kappa shape index (κ2) is 6.15. The number of para-hydroxylation sites is 1. The zero-order chi connectivity index (χ0) is 17.6. The van der Waals surface area contributed by atoms with Crippen LogP contribution in [0.1, 0.15) is 42.4 Å². The van der Waals surface area contributed by atoms with Crippen molar-refractivity contribution >= 4 is 10.9 Å². The van der Waals surface area contributed by atoms with Crippen molar-refractivity contribution in [3.05, 3.63) is 63.5 Å². The number of benzene rings is 1. The number of nitrogens with one attached hydrogen (secondary N) is 1. The fraction of sp³-hybridized carbons (Fsp3) is 0.400. The molecule has 0 fully saturated rings. The minimum absolute atomic E-state index is 0.0403. The molecule has 130 valence electrons. The van der Waals surface area contributed by atoms with Crippen molar-refractivity contribution in [1.29, 1.82) is 0 Å². The Hall–Kier alpha value is -2.40. The molecule has 0 radical (unpaired) electrons. The van der Waals surface area contributed by atoms with Crippen molar-refractivity contribution in [2.75, 3.05) is 6.54 Å². The van der Waals surface area contributed by atoms with Crippen LogP contribution in [0.25, 0.3) is 10.9 Å². The average molecular weight is 336 g/mol. The molecule has 0 unspecified atom stereocenters. The van der Waals surface area contributed by atoms with E-state index in [2.05, 4.69) is 65.8 Å². The van der Waals surface area contributed by atoms with E-state index in [9.17, 15) is 4.79 Å². The van der Waals surface area contributed by atoms with E-state index in [4.69, 9.17) is 4.98 Å². The van der Waals surface area contributed by atoms with Gasteiger partial charge < -0.3 is 9.55 Å². The van der Waals surface area contributed by atoms with Gasteiger partial charge in [-0.05, 0) is 18.1 Å². The number of fused-ring (bicyclic) bond motifs is 2. The van der Waals surface area contributed by atoms with Crippen molar-refractivity contribution in [3.63, 3.8) is 0 Å². The van der Waals surface area contributed by atoms with Crippen LogP contribution in [0, 0.1) is 0 Å². The van der Waals surface area contributed by atoms with E-state index in [1.54, 1.807) is 0 Å². The first-order valence-corrected chi connectivity index (χ1v) is 8.90. The Bertz CT molecular complexity index is 983. The second-order valence-corrected chi connectivity index (χ2v) is 7.27. The summed E-state index contributed by atoms with van der Waals surface area (Å²) in [5.41, 5.74) is 4.43. The molecule has 0 atom stereocenters. The lowest BCUT2D eigenvalue weighted by atomic mass is 10.0. The summed E-state index contributed by atoms with van der Waals surface area (Å²) in [6.45, 7) is 6.62. The molecule has 5 heteroatoms. The Kier molecular flexibility index (Phi) is 3.96. The maximum atomic E-state index is 12.3. The van der Waals surface area contributed by atoms with Gasteiger partial charge >= 0.3 is 0 Å². The Labute approximate surface area is 147 Å². The number of aryl methyl sites for hydroxylation is 1. The normalized spacial score (nSPS) is 15.0. The quantitative estimate of drug-likeness (QED) is 0.800. The predicted octanol–water partition coefficient (Wildman–Crippen LogP) is 2.94. The molecule has 0 amide bonds. The molecule has 1 aliphatic rings. The van der Waals surface area contributed by atoms with Crippen LogP contribution in [-0.4, -0.2) is 26.0 Å². The van der Waals surface area contributed by atoms with E-state index < -0.39 is 0 Å². The first-order valence-electron chi connectivity index (χ1n) is 8.90. The largest absolute Gasteiger partial charge is 0.350 e. The van der Waals surface area contributed by atoms with Gasteiger partial charge in [0.1, 0.15) is 5.82 Å². The molecule has 3 aromatic rings. The highest BCUT2D eigenvalue weighted by atomic mass is 16.1. The zero-order valence-electron chi connectivity index (χ0n) is 15.0. The minimum Gasteiger partial charge on any atom is -0.350 e. The monoisotopic (exact) mass is 336 g/mol. The fourth-order valence-corrected chi connectivity index (χ4v) is 3.71. The smallest absolute Gasteiger partial charge is 0.254 e. The molecule has 25 heavy (non-hydrogen) atoms. The lowest BCUT2D eigenvalue weighted by Gasteiger charge is -2.27. The number of nitrogens with zero attached hydrogens (tertiary/aromatic N) is 3. The van der Waals surface area contributed by atoms with Gasteiger partial charge in [0.2, 0.25) is 0 Å². The average Bonchev–Trinajstić information content (AvgIpc) is 2.91. The third-order valence-corrected chi connectivity index (χ3v) is 5.09. The molecule has 4 rings (SSSR count). The summed E-state index contributed by atoms with van der Waals surface area (Å²) in [5, 5.41) is 1.30. The molecule has 3 heterocycles. The van der Waals surface area contributed by atoms with Gasteiger partial charge in [-0.15, -0.1) is 0 Å². The van der Waals surface area contributed by atoms with E-state index >= 15 is 0 Å². The standard InChI is InChI=1S/C20H24N4O/c1-13(2)19-21-17-12-24(9-8-16(17)20(25)22-19)11-14-10-23(3)18-7-5-4-6-15(14)18/h4-7,10,13H,8-9,11-12H2,1-3H3,(H,21,22,25). The van der Waals surface area contributed by atoms with Crippen molar-refractivity contribution in [1.82, 2.24) is 19.4 Å². The van der Waals surface area contributed by atoms with Crippen LogP contribution in [0.5, 0.6) is 0 Å². The van der Waals surface area contributed by atoms with Gasteiger partial charge in [-0.25, -0.2) is 4.98 Å². The number of rotatable bonds is 3. The molecule has 1 aliphatic heterocycles. The number of hydrogen-bond acceptors (Lipinski definition) is 3. The molecule has 0 bridgehead atoms. The first kappa shape index (κ1) is 16.1.